The predicted molar refractivity (Wildman–Crippen MR) is 72.6 cm³/mol. The highest BCUT2D eigenvalue weighted by Crippen LogP contribution is 1.88. The first-order valence-corrected chi connectivity index (χ1v) is 5.70. The molecule has 0 unspecified atom stereocenters. The van der Waals surface area contributed by atoms with Gasteiger partial charge in [-0.25, -0.2) is 4.98 Å². The molecule has 0 bridgehead atoms. The molecule has 1 amide bonds. The summed E-state index contributed by atoms with van der Waals surface area (Å²) in [5, 5.41) is 8.62. The summed E-state index contributed by atoms with van der Waals surface area (Å²) >= 11 is 0. The number of amides is 1. The van der Waals surface area contributed by atoms with Gasteiger partial charge in [-0.2, -0.15) is 0 Å². The van der Waals surface area contributed by atoms with Crippen LogP contribution in [0.2, 0.25) is 0 Å². The number of guanidine groups is 1. The first-order chi connectivity index (χ1) is 9.27. The van der Waals surface area contributed by atoms with Gasteiger partial charge in [0.25, 0.3) is 5.91 Å². The van der Waals surface area contributed by atoms with E-state index in [4.69, 9.17) is 6.42 Å². The van der Waals surface area contributed by atoms with E-state index in [2.05, 4.69) is 36.8 Å². The van der Waals surface area contributed by atoms with Crippen LogP contribution in [0.25, 0.3) is 0 Å². The number of aliphatic imine (C=N–C) groups is 1. The van der Waals surface area contributed by atoms with Gasteiger partial charge in [0.15, 0.2) is 5.96 Å². The summed E-state index contributed by atoms with van der Waals surface area (Å²) in [4.78, 5) is 23.3. The zero-order valence-corrected chi connectivity index (χ0v) is 10.7. The Labute approximate surface area is 111 Å². The van der Waals surface area contributed by atoms with Gasteiger partial charge in [0, 0.05) is 32.5 Å². The molecule has 3 N–H and O–H groups in total. The lowest BCUT2D eigenvalue weighted by atomic mass is 10.4. The Bertz CT molecular complexity index is 465. The quantitative estimate of drug-likeness (QED) is 0.273. The number of rotatable bonds is 5. The van der Waals surface area contributed by atoms with Crippen LogP contribution in [0.15, 0.2) is 23.6 Å². The topological polar surface area (TPSA) is 91.3 Å². The van der Waals surface area contributed by atoms with E-state index in [1.165, 1.54) is 18.6 Å². The number of carbonyl (C=O) groups is 1. The second-order valence-corrected chi connectivity index (χ2v) is 3.40. The number of hydrogen-bond acceptors (Lipinski definition) is 4. The molecule has 1 heterocycles. The Hall–Kier alpha value is -2.62. The first-order valence-electron chi connectivity index (χ1n) is 5.70. The third-order valence-electron chi connectivity index (χ3n) is 2.08. The molecule has 1 aromatic heterocycles. The molecule has 0 aliphatic carbocycles. The Morgan fingerprint density at radius 2 is 2.16 bits per heavy atom. The molecule has 19 heavy (non-hydrogen) atoms. The zero-order chi connectivity index (χ0) is 13.9. The maximum Gasteiger partial charge on any atom is 0.271 e. The standard InChI is InChI=1S/C12H16N6O/c1-3-4-17-12(13-2)18-8-7-16-11(19)10-9-14-5-6-15-10/h1,5-6,9H,4,7-8H2,2H3,(H,16,19)(H2,13,17,18). The van der Waals surface area contributed by atoms with Gasteiger partial charge in [-0.3, -0.25) is 14.8 Å². The van der Waals surface area contributed by atoms with Crippen molar-refractivity contribution in [3.63, 3.8) is 0 Å². The monoisotopic (exact) mass is 260 g/mol. The maximum absolute atomic E-state index is 11.6. The smallest absolute Gasteiger partial charge is 0.271 e. The number of aromatic nitrogens is 2. The normalized spacial score (nSPS) is 10.4. The lowest BCUT2D eigenvalue weighted by molar-refractivity contribution is 0.0949. The lowest BCUT2D eigenvalue weighted by Crippen LogP contribution is -2.41. The molecule has 0 fully saturated rings. The first kappa shape index (κ1) is 14.4. The molecule has 0 aliphatic heterocycles. The Balaban J connectivity index is 2.24. The molecule has 7 heteroatoms. The molecule has 0 saturated carbocycles. The fourth-order valence-corrected chi connectivity index (χ4v) is 1.22. The van der Waals surface area contributed by atoms with Crippen molar-refractivity contribution < 1.29 is 4.79 Å². The van der Waals surface area contributed by atoms with Gasteiger partial charge >= 0.3 is 0 Å². The molecule has 0 saturated heterocycles. The average Bonchev–Trinajstić information content (AvgIpc) is 2.47. The summed E-state index contributed by atoms with van der Waals surface area (Å²) in [6.45, 7) is 1.36. The molecular formula is C12H16N6O. The van der Waals surface area contributed by atoms with E-state index >= 15 is 0 Å². The molecule has 0 atom stereocenters. The Morgan fingerprint density at radius 1 is 1.37 bits per heavy atom. The van der Waals surface area contributed by atoms with Gasteiger partial charge in [-0.1, -0.05) is 5.92 Å². The lowest BCUT2D eigenvalue weighted by Gasteiger charge is -2.10. The van der Waals surface area contributed by atoms with Crippen molar-refractivity contribution >= 4 is 11.9 Å². The van der Waals surface area contributed by atoms with E-state index in [-0.39, 0.29) is 11.6 Å². The highest BCUT2D eigenvalue weighted by atomic mass is 16.1. The van der Waals surface area contributed by atoms with Crippen LogP contribution in [0.3, 0.4) is 0 Å². The number of terminal acetylenes is 1. The summed E-state index contributed by atoms with van der Waals surface area (Å²) in [5.74, 6) is 2.77. The van der Waals surface area contributed by atoms with E-state index in [9.17, 15) is 4.79 Å². The minimum atomic E-state index is -0.263. The van der Waals surface area contributed by atoms with E-state index < -0.39 is 0 Å². The molecule has 100 valence electrons. The summed E-state index contributed by atoms with van der Waals surface area (Å²) in [6.07, 6.45) is 9.52. The predicted octanol–water partition coefficient (Wildman–Crippen LogP) is -0.995. The van der Waals surface area contributed by atoms with Crippen LogP contribution in [-0.2, 0) is 0 Å². The van der Waals surface area contributed by atoms with Crippen molar-refractivity contribution in [3.05, 3.63) is 24.3 Å². The molecule has 0 radical (unpaired) electrons. The van der Waals surface area contributed by atoms with E-state index in [1.807, 2.05) is 0 Å². The van der Waals surface area contributed by atoms with Gasteiger partial charge in [-0.05, 0) is 0 Å². The molecule has 0 spiro atoms. The van der Waals surface area contributed by atoms with E-state index in [1.54, 1.807) is 7.05 Å². The van der Waals surface area contributed by atoms with Crippen LogP contribution in [0.4, 0.5) is 0 Å². The summed E-state index contributed by atoms with van der Waals surface area (Å²) in [7, 11) is 1.64. The SMILES string of the molecule is C#CCNC(=NC)NCCNC(=O)c1cnccn1. The molecule has 1 aromatic rings. The number of nitrogens with zero attached hydrogens (tertiary/aromatic N) is 3. The van der Waals surface area contributed by atoms with Crippen molar-refractivity contribution in [2.75, 3.05) is 26.7 Å². The Morgan fingerprint density at radius 3 is 2.79 bits per heavy atom. The van der Waals surface area contributed by atoms with Gasteiger partial charge in [0.05, 0.1) is 12.7 Å². The van der Waals surface area contributed by atoms with Crippen molar-refractivity contribution in [2.45, 2.75) is 0 Å². The summed E-state index contributed by atoms with van der Waals surface area (Å²) in [6, 6.07) is 0. The van der Waals surface area contributed by atoms with Crippen LogP contribution >= 0.6 is 0 Å². The van der Waals surface area contributed by atoms with Crippen molar-refractivity contribution in [3.8, 4) is 12.3 Å². The second-order valence-electron chi connectivity index (χ2n) is 3.40. The number of carbonyl (C=O) groups excluding carboxylic acids is 1. The zero-order valence-electron chi connectivity index (χ0n) is 10.7. The van der Waals surface area contributed by atoms with Gasteiger partial charge < -0.3 is 16.0 Å². The minimum Gasteiger partial charge on any atom is -0.355 e. The fraction of sp³-hybridized carbons (Fsp3) is 0.333. The summed E-state index contributed by atoms with van der Waals surface area (Å²) in [5.41, 5.74) is 0.289. The third-order valence-corrected chi connectivity index (χ3v) is 2.08. The van der Waals surface area contributed by atoms with Gasteiger partial charge in [0.1, 0.15) is 5.69 Å². The van der Waals surface area contributed by atoms with Crippen LogP contribution in [0.5, 0.6) is 0 Å². The maximum atomic E-state index is 11.6. The minimum absolute atomic E-state index is 0.263. The third kappa shape index (κ3) is 5.50. The Kier molecular flexibility index (Phi) is 6.44. The van der Waals surface area contributed by atoms with Crippen molar-refractivity contribution in [1.29, 1.82) is 0 Å². The molecule has 1 rings (SSSR count). The van der Waals surface area contributed by atoms with Gasteiger partial charge in [-0.15, -0.1) is 6.42 Å². The van der Waals surface area contributed by atoms with Crippen LogP contribution in [0.1, 0.15) is 10.5 Å². The summed E-state index contributed by atoms with van der Waals surface area (Å²) < 4.78 is 0. The molecule has 0 aromatic carbocycles. The second kappa shape index (κ2) is 8.47. The molecule has 7 nitrogen and oxygen atoms in total. The van der Waals surface area contributed by atoms with Crippen molar-refractivity contribution in [1.82, 2.24) is 25.9 Å². The van der Waals surface area contributed by atoms with Crippen LogP contribution in [-0.4, -0.2) is 48.5 Å². The molecule has 0 aliphatic rings. The number of hydrogen-bond donors (Lipinski definition) is 3. The highest BCUT2D eigenvalue weighted by Gasteiger charge is 2.05. The van der Waals surface area contributed by atoms with E-state index in [0.29, 0.717) is 25.6 Å². The van der Waals surface area contributed by atoms with Crippen LogP contribution < -0.4 is 16.0 Å². The largest absolute Gasteiger partial charge is 0.355 e. The van der Waals surface area contributed by atoms with E-state index in [0.717, 1.165) is 0 Å². The van der Waals surface area contributed by atoms with Gasteiger partial charge in [0.2, 0.25) is 0 Å². The van der Waals surface area contributed by atoms with Crippen molar-refractivity contribution in [2.24, 2.45) is 4.99 Å². The highest BCUT2D eigenvalue weighted by molar-refractivity contribution is 5.91. The van der Waals surface area contributed by atoms with Crippen LogP contribution in [0, 0.1) is 12.3 Å². The number of nitrogens with one attached hydrogen (secondary N) is 3. The average molecular weight is 260 g/mol. The fourth-order valence-electron chi connectivity index (χ4n) is 1.22. The molecular weight excluding hydrogens is 244 g/mol.